The van der Waals surface area contributed by atoms with Gasteiger partial charge in [0.05, 0.1) is 11.2 Å². The van der Waals surface area contributed by atoms with E-state index in [4.69, 9.17) is 15.0 Å². The lowest BCUT2D eigenvalue weighted by atomic mass is 9.78. The third kappa shape index (κ3) is 3.01. The summed E-state index contributed by atoms with van der Waals surface area (Å²) in [7, 11) is -0.540. The predicted molar refractivity (Wildman–Crippen MR) is 82.0 cm³/mol. The van der Waals surface area contributed by atoms with Gasteiger partial charge < -0.3 is 15.0 Å². The summed E-state index contributed by atoms with van der Waals surface area (Å²) in [6.07, 6.45) is 0. The van der Waals surface area contributed by atoms with Crippen molar-refractivity contribution < 1.29 is 13.7 Å². The zero-order valence-electron chi connectivity index (χ0n) is 12.6. The van der Waals surface area contributed by atoms with Gasteiger partial charge in [-0.1, -0.05) is 12.1 Å². The van der Waals surface area contributed by atoms with Crippen LogP contribution in [0.1, 0.15) is 46.2 Å². The first kappa shape index (κ1) is 17.4. The highest BCUT2D eigenvalue weighted by Crippen LogP contribution is 2.36. The maximum atomic E-state index is 13.9. The molecule has 1 fully saturated rings. The van der Waals surface area contributed by atoms with Gasteiger partial charge in [-0.25, -0.2) is 4.39 Å². The quantitative estimate of drug-likeness (QED) is 0.854. The molecule has 2 rings (SSSR count). The molecule has 2 N–H and O–H groups in total. The summed E-state index contributed by atoms with van der Waals surface area (Å²) >= 11 is 0. The molecule has 1 aliphatic heterocycles. The predicted octanol–water partition coefficient (Wildman–Crippen LogP) is 2.57. The number of nitrogens with two attached hydrogens (primary N) is 1. The summed E-state index contributed by atoms with van der Waals surface area (Å²) < 4.78 is 25.7. The van der Waals surface area contributed by atoms with Crippen molar-refractivity contribution in [2.24, 2.45) is 5.73 Å². The van der Waals surface area contributed by atoms with Gasteiger partial charge in [0, 0.05) is 11.6 Å². The van der Waals surface area contributed by atoms with E-state index in [9.17, 15) is 4.39 Å². The molecule has 0 radical (unpaired) electrons. The van der Waals surface area contributed by atoms with Crippen LogP contribution in [0.2, 0.25) is 0 Å². The standard InChI is InChI=1S/C14H21BFNO2.ClH/c1-9(17)11-7-6-10(8-12(11)16)15-18-13(2,3)14(4,5)19-15;/h6-9H,17H2,1-5H3;1H. The van der Waals surface area contributed by atoms with Gasteiger partial charge in [-0.15, -0.1) is 12.4 Å². The van der Waals surface area contributed by atoms with Crippen LogP contribution in [-0.4, -0.2) is 18.3 Å². The molecule has 0 bridgehead atoms. The van der Waals surface area contributed by atoms with E-state index in [-0.39, 0.29) is 24.3 Å². The van der Waals surface area contributed by atoms with Crippen LogP contribution < -0.4 is 11.2 Å². The van der Waals surface area contributed by atoms with E-state index >= 15 is 0 Å². The number of hydrogen-bond donors (Lipinski definition) is 1. The molecule has 6 heteroatoms. The maximum absolute atomic E-state index is 13.9. The molecule has 1 saturated heterocycles. The van der Waals surface area contributed by atoms with E-state index in [1.54, 1.807) is 13.0 Å². The molecule has 0 aromatic heterocycles. The van der Waals surface area contributed by atoms with Gasteiger partial charge in [0.15, 0.2) is 0 Å². The van der Waals surface area contributed by atoms with Crippen molar-refractivity contribution in [2.75, 3.05) is 0 Å². The fourth-order valence-corrected chi connectivity index (χ4v) is 2.04. The minimum Gasteiger partial charge on any atom is -0.399 e. The van der Waals surface area contributed by atoms with Crippen molar-refractivity contribution in [1.29, 1.82) is 0 Å². The van der Waals surface area contributed by atoms with E-state index in [1.807, 2.05) is 33.8 Å². The van der Waals surface area contributed by atoms with Crippen LogP contribution in [0, 0.1) is 5.82 Å². The smallest absolute Gasteiger partial charge is 0.399 e. The topological polar surface area (TPSA) is 44.5 Å². The lowest BCUT2D eigenvalue weighted by molar-refractivity contribution is 0.00578. The van der Waals surface area contributed by atoms with Crippen LogP contribution in [0.15, 0.2) is 18.2 Å². The highest BCUT2D eigenvalue weighted by molar-refractivity contribution is 6.62. The number of hydrogen-bond acceptors (Lipinski definition) is 3. The first-order valence-corrected chi connectivity index (χ1v) is 6.54. The summed E-state index contributed by atoms with van der Waals surface area (Å²) in [5, 5.41) is 0. The van der Waals surface area contributed by atoms with E-state index in [1.165, 1.54) is 6.07 Å². The summed E-state index contributed by atoms with van der Waals surface area (Å²) in [6.45, 7) is 9.64. The van der Waals surface area contributed by atoms with Crippen LogP contribution in [0.25, 0.3) is 0 Å². The van der Waals surface area contributed by atoms with E-state index in [0.29, 0.717) is 11.0 Å². The largest absolute Gasteiger partial charge is 0.494 e. The molecule has 1 unspecified atom stereocenters. The third-order valence-corrected chi connectivity index (χ3v) is 4.04. The van der Waals surface area contributed by atoms with Crippen molar-refractivity contribution in [3.63, 3.8) is 0 Å². The molecule has 1 heterocycles. The number of benzene rings is 1. The molecular weight excluding hydrogens is 279 g/mol. The lowest BCUT2D eigenvalue weighted by Crippen LogP contribution is -2.41. The van der Waals surface area contributed by atoms with Gasteiger partial charge in [0.25, 0.3) is 0 Å². The average Bonchev–Trinajstić information content (AvgIpc) is 2.47. The lowest BCUT2D eigenvalue weighted by Gasteiger charge is -2.32. The van der Waals surface area contributed by atoms with Crippen LogP contribution in [0.3, 0.4) is 0 Å². The first-order chi connectivity index (χ1) is 8.64. The minimum atomic E-state index is -0.540. The summed E-state index contributed by atoms with van der Waals surface area (Å²) in [6, 6.07) is 4.62. The van der Waals surface area contributed by atoms with Crippen LogP contribution in [-0.2, 0) is 9.31 Å². The molecule has 112 valence electrons. The Bertz CT molecular complexity index is 478. The highest BCUT2D eigenvalue weighted by Gasteiger charge is 2.51. The molecule has 0 spiro atoms. The Labute approximate surface area is 126 Å². The number of rotatable bonds is 2. The first-order valence-electron chi connectivity index (χ1n) is 6.54. The third-order valence-electron chi connectivity index (χ3n) is 4.04. The Morgan fingerprint density at radius 3 is 2.05 bits per heavy atom. The van der Waals surface area contributed by atoms with Gasteiger partial charge in [-0.3, -0.25) is 0 Å². The van der Waals surface area contributed by atoms with Crippen molar-refractivity contribution in [3.8, 4) is 0 Å². The van der Waals surface area contributed by atoms with Crippen LogP contribution >= 0.6 is 12.4 Å². The molecule has 1 aliphatic rings. The second-order valence-electron chi connectivity index (χ2n) is 6.16. The summed E-state index contributed by atoms with van der Waals surface area (Å²) in [5.74, 6) is -0.317. The van der Waals surface area contributed by atoms with E-state index in [2.05, 4.69) is 0 Å². The second-order valence-corrected chi connectivity index (χ2v) is 6.16. The SMILES string of the molecule is CC(N)c1ccc(B2OC(C)(C)C(C)(C)O2)cc1F.Cl. The van der Waals surface area contributed by atoms with Crippen molar-refractivity contribution in [2.45, 2.75) is 51.9 Å². The summed E-state index contributed by atoms with van der Waals surface area (Å²) in [4.78, 5) is 0. The second kappa shape index (κ2) is 5.64. The molecule has 20 heavy (non-hydrogen) atoms. The average molecular weight is 302 g/mol. The monoisotopic (exact) mass is 301 g/mol. The normalized spacial score (nSPS) is 21.4. The molecule has 1 aromatic rings. The fourth-order valence-electron chi connectivity index (χ4n) is 2.04. The highest BCUT2D eigenvalue weighted by atomic mass is 35.5. The van der Waals surface area contributed by atoms with Crippen molar-refractivity contribution >= 4 is 25.0 Å². The molecule has 0 amide bonds. The molecule has 3 nitrogen and oxygen atoms in total. The summed E-state index contributed by atoms with van der Waals surface area (Å²) in [5.41, 5.74) is 6.04. The van der Waals surface area contributed by atoms with Crippen molar-refractivity contribution in [1.82, 2.24) is 0 Å². The fraction of sp³-hybridized carbons (Fsp3) is 0.571. The Morgan fingerprint density at radius 1 is 1.15 bits per heavy atom. The molecular formula is C14H22BClFNO2. The Morgan fingerprint density at radius 2 is 1.65 bits per heavy atom. The Kier molecular flexibility index (Phi) is 4.92. The number of halogens is 2. The zero-order chi connectivity index (χ0) is 14.4. The zero-order valence-corrected chi connectivity index (χ0v) is 13.4. The Balaban J connectivity index is 0.00000200. The van der Waals surface area contributed by atoms with Gasteiger partial charge >= 0.3 is 7.12 Å². The van der Waals surface area contributed by atoms with E-state index < -0.39 is 18.3 Å². The minimum absolute atomic E-state index is 0. The van der Waals surface area contributed by atoms with Crippen LogP contribution in [0.4, 0.5) is 4.39 Å². The van der Waals surface area contributed by atoms with Crippen LogP contribution in [0.5, 0.6) is 0 Å². The maximum Gasteiger partial charge on any atom is 0.494 e. The van der Waals surface area contributed by atoms with Gasteiger partial charge in [0.2, 0.25) is 0 Å². The van der Waals surface area contributed by atoms with Gasteiger partial charge in [-0.05, 0) is 46.1 Å². The molecule has 0 aliphatic carbocycles. The van der Waals surface area contributed by atoms with Crippen molar-refractivity contribution in [3.05, 3.63) is 29.6 Å². The Hall–Kier alpha value is -0.615. The van der Waals surface area contributed by atoms with E-state index in [0.717, 1.165) is 0 Å². The molecule has 1 aromatic carbocycles. The molecule has 1 atom stereocenters. The van der Waals surface area contributed by atoms with Gasteiger partial charge in [0.1, 0.15) is 5.82 Å². The van der Waals surface area contributed by atoms with Gasteiger partial charge in [-0.2, -0.15) is 0 Å². The molecule has 0 saturated carbocycles.